The van der Waals surface area contributed by atoms with Crippen LogP contribution in [0, 0.1) is 5.41 Å². The molecule has 2 atom stereocenters. The molecule has 2 aliphatic rings. The third-order valence-corrected chi connectivity index (χ3v) is 6.97. The third-order valence-electron chi connectivity index (χ3n) is 6.97. The highest BCUT2D eigenvalue weighted by molar-refractivity contribution is 5.94. The van der Waals surface area contributed by atoms with E-state index in [0.29, 0.717) is 31.9 Å². The summed E-state index contributed by atoms with van der Waals surface area (Å²) in [6, 6.07) is 7.73. The van der Waals surface area contributed by atoms with Crippen molar-refractivity contribution in [3.8, 4) is 0 Å². The predicted octanol–water partition coefficient (Wildman–Crippen LogP) is 2.63. The van der Waals surface area contributed by atoms with Crippen molar-refractivity contribution in [1.29, 1.82) is 0 Å². The number of aromatic nitrogens is 5. The minimum absolute atomic E-state index is 0.110. The molecule has 2 fully saturated rings. The zero-order chi connectivity index (χ0) is 23.0. The molecule has 0 saturated carbocycles. The zero-order valence-corrected chi connectivity index (χ0v) is 19.0. The highest BCUT2D eigenvalue weighted by Gasteiger charge is 2.57. The smallest absolute Gasteiger partial charge is 0.271 e. The van der Waals surface area contributed by atoms with Crippen LogP contribution in [-0.2, 0) is 11.3 Å². The average molecular weight is 448 g/mol. The SMILES string of the molecule is CC(C)n1nccc1[C@H]1CN(C(=O)c2ccn[nH]2)C[C@]12CCCN(Cc1cccnc1)C2=O. The summed E-state index contributed by atoms with van der Waals surface area (Å²) in [5.41, 5.74) is 1.79. The van der Waals surface area contributed by atoms with Crippen molar-refractivity contribution in [3.63, 3.8) is 0 Å². The molecule has 2 saturated heterocycles. The Morgan fingerprint density at radius 2 is 2.12 bits per heavy atom. The molecule has 1 spiro atoms. The first-order chi connectivity index (χ1) is 16.0. The first-order valence-corrected chi connectivity index (χ1v) is 11.5. The Kier molecular flexibility index (Phi) is 5.47. The number of aromatic amines is 1. The summed E-state index contributed by atoms with van der Waals surface area (Å²) in [6.07, 6.45) is 8.56. The summed E-state index contributed by atoms with van der Waals surface area (Å²) < 4.78 is 1.99. The second-order valence-electron chi connectivity index (χ2n) is 9.35. The quantitative estimate of drug-likeness (QED) is 0.648. The van der Waals surface area contributed by atoms with Crippen molar-refractivity contribution in [2.75, 3.05) is 19.6 Å². The molecule has 0 aliphatic carbocycles. The number of rotatable bonds is 5. The van der Waals surface area contributed by atoms with Crippen molar-refractivity contribution in [2.45, 2.75) is 45.2 Å². The molecule has 0 aromatic carbocycles. The van der Waals surface area contributed by atoms with Crippen LogP contribution in [0.1, 0.15) is 60.4 Å². The van der Waals surface area contributed by atoms with Gasteiger partial charge in [-0.3, -0.25) is 24.4 Å². The van der Waals surface area contributed by atoms with Gasteiger partial charge in [0.2, 0.25) is 5.91 Å². The number of hydrogen-bond donors (Lipinski definition) is 1. The first-order valence-electron chi connectivity index (χ1n) is 11.5. The van der Waals surface area contributed by atoms with Gasteiger partial charge < -0.3 is 9.80 Å². The van der Waals surface area contributed by atoms with E-state index in [1.165, 1.54) is 0 Å². The average Bonchev–Trinajstić information content (AvgIpc) is 3.57. The Hall–Kier alpha value is -3.49. The van der Waals surface area contributed by atoms with E-state index in [0.717, 1.165) is 24.1 Å². The van der Waals surface area contributed by atoms with Gasteiger partial charge in [0.25, 0.3) is 5.91 Å². The van der Waals surface area contributed by atoms with Gasteiger partial charge >= 0.3 is 0 Å². The molecule has 172 valence electrons. The largest absolute Gasteiger partial charge is 0.338 e. The molecule has 0 unspecified atom stereocenters. The van der Waals surface area contributed by atoms with Crippen molar-refractivity contribution < 1.29 is 9.59 Å². The topological polar surface area (TPSA) is 100 Å². The van der Waals surface area contributed by atoms with Gasteiger partial charge in [-0.15, -0.1) is 0 Å². The number of carbonyl (C=O) groups excluding carboxylic acids is 2. The van der Waals surface area contributed by atoms with E-state index in [-0.39, 0.29) is 23.8 Å². The second kappa shape index (κ2) is 8.46. The normalized spacial score (nSPS) is 23.1. The molecular formula is C24H29N7O2. The lowest BCUT2D eigenvalue weighted by Crippen LogP contribution is -2.52. The fraction of sp³-hybridized carbons (Fsp3) is 0.458. The van der Waals surface area contributed by atoms with Gasteiger partial charge in [0.1, 0.15) is 5.69 Å². The number of H-pyrrole nitrogens is 1. The molecule has 2 amide bonds. The van der Waals surface area contributed by atoms with Gasteiger partial charge in [-0.2, -0.15) is 10.2 Å². The number of carbonyl (C=O) groups is 2. The summed E-state index contributed by atoms with van der Waals surface area (Å²) in [5.74, 6) is -0.139. The molecule has 1 N–H and O–H groups in total. The van der Waals surface area contributed by atoms with Gasteiger partial charge in [-0.25, -0.2) is 0 Å². The van der Waals surface area contributed by atoms with Crippen LogP contribution in [0.15, 0.2) is 49.1 Å². The number of nitrogens with one attached hydrogen (secondary N) is 1. The van der Waals surface area contributed by atoms with Crippen LogP contribution in [0.3, 0.4) is 0 Å². The van der Waals surface area contributed by atoms with E-state index in [1.54, 1.807) is 29.6 Å². The molecule has 9 heteroatoms. The summed E-state index contributed by atoms with van der Waals surface area (Å²) in [5, 5.41) is 11.2. The standard InChI is InChI=1S/C24H29N7O2/c1-17(2)31-21(7-11-27-31)19-15-30(22(32)20-6-10-26-28-20)16-24(19)8-4-12-29(23(24)33)14-18-5-3-9-25-13-18/h3,5-7,9-11,13,17,19H,4,8,12,14-16H2,1-2H3,(H,26,28)/t19-,24-/m1/s1. The fourth-order valence-corrected chi connectivity index (χ4v) is 5.46. The minimum Gasteiger partial charge on any atom is -0.338 e. The summed E-state index contributed by atoms with van der Waals surface area (Å²) >= 11 is 0. The van der Waals surface area contributed by atoms with Crippen LogP contribution in [0.4, 0.5) is 0 Å². The fourth-order valence-electron chi connectivity index (χ4n) is 5.46. The highest BCUT2D eigenvalue weighted by atomic mass is 16.2. The van der Waals surface area contributed by atoms with Gasteiger partial charge in [-0.1, -0.05) is 6.07 Å². The van der Waals surface area contributed by atoms with Crippen LogP contribution in [0.25, 0.3) is 0 Å². The molecule has 3 aromatic rings. The van der Waals surface area contributed by atoms with E-state index in [1.807, 2.05) is 34.0 Å². The molecule has 5 heterocycles. The number of likely N-dealkylation sites (tertiary alicyclic amines) is 2. The summed E-state index contributed by atoms with van der Waals surface area (Å²) in [4.78, 5) is 35.3. The Labute approximate surface area is 192 Å². The lowest BCUT2D eigenvalue weighted by Gasteiger charge is -2.42. The number of piperidine rings is 1. The Bertz CT molecular complexity index is 1120. The van der Waals surface area contributed by atoms with Crippen molar-refractivity contribution in [1.82, 2.24) is 34.8 Å². The van der Waals surface area contributed by atoms with Gasteiger partial charge in [0, 0.05) is 68.6 Å². The van der Waals surface area contributed by atoms with Crippen LogP contribution in [-0.4, -0.2) is 66.2 Å². The van der Waals surface area contributed by atoms with E-state index >= 15 is 0 Å². The van der Waals surface area contributed by atoms with Gasteiger partial charge in [-0.05, 0) is 50.5 Å². The van der Waals surface area contributed by atoms with E-state index in [2.05, 4.69) is 34.1 Å². The van der Waals surface area contributed by atoms with Crippen LogP contribution >= 0.6 is 0 Å². The number of pyridine rings is 1. The Balaban J connectivity index is 1.52. The third kappa shape index (κ3) is 3.71. The lowest BCUT2D eigenvalue weighted by molar-refractivity contribution is -0.147. The van der Waals surface area contributed by atoms with Gasteiger partial charge in [0.05, 0.1) is 5.41 Å². The summed E-state index contributed by atoms with van der Waals surface area (Å²) in [7, 11) is 0. The summed E-state index contributed by atoms with van der Waals surface area (Å²) in [6.45, 7) is 6.27. The molecule has 0 radical (unpaired) electrons. The maximum absolute atomic E-state index is 14.1. The van der Waals surface area contributed by atoms with Crippen LogP contribution in [0.5, 0.6) is 0 Å². The maximum atomic E-state index is 14.1. The molecule has 33 heavy (non-hydrogen) atoms. The van der Waals surface area contributed by atoms with Crippen molar-refractivity contribution >= 4 is 11.8 Å². The predicted molar refractivity (Wildman–Crippen MR) is 121 cm³/mol. The van der Waals surface area contributed by atoms with E-state index < -0.39 is 5.41 Å². The molecular weight excluding hydrogens is 418 g/mol. The number of amides is 2. The Morgan fingerprint density at radius 1 is 1.24 bits per heavy atom. The van der Waals surface area contributed by atoms with Crippen LogP contribution < -0.4 is 0 Å². The number of nitrogens with zero attached hydrogens (tertiary/aromatic N) is 6. The van der Waals surface area contributed by atoms with E-state index in [9.17, 15) is 9.59 Å². The first kappa shape index (κ1) is 21.4. The lowest BCUT2D eigenvalue weighted by atomic mass is 9.70. The highest BCUT2D eigenvalue weighted by Crippen LogP contribution is 2.50. The van der Waals surface area contributed by atoms with E-state index in [4.69, 9.17) is 0 Å². The minimum atomic E-state index is -0.678. The second-order valence-corrected chi connectivity index (χ2v) is 9.35. The zero-order valence-electron chi connectivity index (χ0n) is 19.0. The maximum Gasteiger partial charge on any atom is 0.271 e. The van der Waals surface area contributed by atoms with Gasteiger partial charge in [0.15, 0.2) is 0 Å². The monoisotopic (exact) mass is 447 g/mol. The molecule has 2 aliphatic heterocycles. The molecule has 9 nitrogen and oxygen atoms in total. The Morgan fingerprint density at radius 3 is 2.85 bits per heavy atom. The van der Waals surface area contributed by atoms with Crippen molar-refractivity contribution in [2.24, 2.45) is 5.41 Å². The molecule has 5 rings (SSSR count). The van der Waals surface area contributed by atoms with Crippen LogP contribution in [0.2, 0.25) is 0 Å². The molecule has 0 bridgehead atoms. The molecule has 3 aromatic heterocycles. The number of hydrogen-bond acceptors (Lipinski definition) is 5. The van der Waals surface area contributed by atoms with Crippen molar-refractivity contribution in [3.05, 3.63) is 66.0 Å².